The first-order valence-corrected chi connectivity index (χ1v) is 5.19. The highest BCUT2D eigenvalue weighted by Crippen LogP contribution is 2.22. The van der Waals surface area contributed by atoms with E-state index in [1.165, 1.54) is 24.1 Å². The third kappa shape index (κ3) is 1.92. The van der Waals surface area contributed by atoms with E-state index in [0.717, 1.165) is 18.9 Å². The van der Waals surface area contributed by atoms with Crippen molar-refractivity contribution in [1.82, 2.24) is 5.32 Å². The molecule has 1 aromatic carbocycles. The molecule has 0 amide bonds. The first-order valence-electron chi connectivity index (χ1n) is 5.19. The minimum absolute atomic E-state index is 0.755. The predicted molar refractivity (Wildman–Crippen MR) is 56.0 cm³/mol. The Labute approximate surface area is 80.2 Å². The Morgan fingerprint density at radius 2 is 2.08 bits per heavy atom. The lowest BCUT2D eigenvalue weighted by Gasteiger charge is -2.08. The molecule has 0 aliphatic carbocycles. The fourth-order valence-electron chi connectivity index (χ4n) is 1.96. The molecular formula is C12H17N. The van der Waals surface area contributed by atoms with Gasteiger partial charge < -0.3 is 5.32 Å². The van der Waals surface area contributed by atoms with Crippen molar-refractivity contribution in [1.29, 1.82) is 0 Å². The van der Waals surface area contributed by atoms with Crippen molar-refractivity contribution in [3.05, 3.63) is 35.4 Å². The molecule has 1 fully saturated rings. The molecule has 1 aliphatic heterocycles. The van der Waals surface area contributed by atoms with Crippen molar-refractivity contribution < 1.29 is 0 Å². The minimum atomic E-state index is 0.755. The number of benzene rings is 1. The van der Waals surface area contributed by atoms with Gasteiger partial charge in [-0.05, 0) is 36.4 Å². The molecule has 1 atom stereocenters. The van der Waals surface area contributed by atoms with Crippen LogP contribution in [0, 0.1) is 0 Å². The van der Waals surface area contributed by atoms with Crippen molar-refractivity contribution in [2.24, 2.45) is 0 Å². The van der Waals surface area contributed by atoms with E-state index in [1.54, 1.807) is 0 Å². The van der Waals surface area contributed by atoms with Crippen LogP contribution in [0.2, 0.25) is 0 Å². The Balaban J connectivity index is 2.12. The van der Waals surface area contributed by atoms with Gasteiger partial charge in [0, 0.05) is 6.54 Å². The lowest BCUT2D eigenvalue weighted by Crippen LogP contribution is -2.07. The summed E-state index contributed by atoms with van der Waals surface area (Å²) < 4.78 is 0. The third-order valence-electron chi connectivity index (χ3n) is 2.92. The molecule has 1 saturated heterocycles. The van der Waals surface area contributed by atoms with Gasteiger partial charge in [-0.3, -0.25) is 0 Å². The van der Waals surface area contributed by atoms with E-state index in [1.807, 2.05) is 0 Å². The molecule has 0 aromatic heterocycles. The Hall–Kier alpha value is -0.820. The van der Waals surface area contributed by atoms with Gasteiger partial charge >= 0.3 is 0 Å². The van der Waals surface area contributed by atoms with Crippen LogP contribution in [0.4, 0.5) is 0 Å². The molecule has 70 valence electrons. The van der Waals surface area contributed by atoms with Gasteiger partial charge in [0.25, 0.3) is 0 Å². The fraction of sp³-hybridized carbons (Fsp3) is 0.500. The second kappa shape index (κ2) is 3.93. The van der Waals surface area contributed by atoms with E-state index < -0.39 is 0 Å². The highest BCUT2D eigenvalue weighted by Gasteiger charge is 2.15. The Morgan fingerprint density at radius 1 is 1.31 bits per heavy atom. The lowest BCUT2D eigenvalue weighted by molar-refractivity contribution is 0.763. The molecule has 1 aliphatic rings. The van der Waals surface area contributed by atoms with Crippen LogP contribution in [-0.4, -0.2) is 13.1 Å². The van der Waals surface area contributed by atoms with Crippen LogP contribution >= 0.6 is 0 Å². The number of rotatable bonds is 2. The monoisotopic (exact) mass is 175 g/mol. The smallest absolute Gasteiger partial charge is 0.00206 e. The van der Waals surface area contributed by atoms with E-state index in [2.05, 4.69) is 36.5 Å². The third-order valence-corrected chi connectivity index (χ3v) is 2.92. The molecule has 1 nitrogen and oxygen atoms in total. The molecule has 2 rings (SSSR count). The van der Waals surface area contributed by atoms with Gasteiger partial charge in [-0.2, -0.15) is 0 Å². The van der Waals surface area contributed by atoms with Gasteiger partial charge in [-0.25, -0.2) is 0 Å². The van der Waals surface area contributed by atoms with Crippen LogP contribution in [-0.2, 0) is 6.42 Å². The van der Waals surface area contributed by atoms with E-state index in [0.29, 0.717) is 0 Å². The number of nitrogens with one attached hydrogen (secondary N) is 1. The van der Waals surface area contributed by atoms with Crippen LogP contribution in [0.15, 0.2) is 24.3 Å². The zero-order chi connectivity index (χ0) is 9.10. The standard InChI is InChI=1S/C12H17N/c1-2-10-3-5-11(6-4-10)12-7-8-13-9-12/h3-6,12-13H,2,7-9H2,1H3/t12-/m0/s1. The van der Waals surface area contributed by atoms with Crippen molar-refractivity contribution in [2.45, 2.75) is 25.7 Å². The summed E-state index contributed by atoms with van der Waals surface area (Å²) in [6, 6.07) is 9.09. The van der Waals surface area contributed by atoms with Gasteiger partial charge in [-0.15, -0.1) is 0 Å². The van der Waals surface area contributed by atoms with E-state index in [9.17, 15) is 0 Å². The second-order valence-electron chi connectivity index (χ2n) is 3.78. The predicted octanol–water partition coefficient (Wildman–Crippen LogP) is 2.33. The van der Waals surface area contributed by atoms with Crippen molar-refractivity contribution in [3.8, 4) is 0 Å². The quantitative estimate of drug-likeness (QED) is 0.727. The highest BCUT2D eigenvalue weighted by molar-refractivity contribution is 5.26. The summed E-state index contributed by atoms with van der Waals surface area (Å²) in [7, 11) is 0. The van der Waals surface area contributed by atoms with Crippen molar-refractivity contribution in [2.75, 3.05) is 13.1 Å². The first-order chi connectivity index (χ1) is 6.40. The highest BCUT2D eigenvalue weighted by atomic mass is 14.9. The summed E-state index contributed by atoms with van der Waals surface area (Å²) in [5, 5.41) is 3.40. The van der Waals surface area contributed by atoms with E-state index in [4.69, 9.17) is 0 Å². The largest absolute Gasteiger partial charge is 0.316 e. The first kappa shape index (κ1) is 8.76. The number of hydrogen-bond donors (Lipinski definition) is 1. The fourth-order valence-corrected chi connectivity index (χ4v) is 1.96. The average Bonchev–Trinajstić information content (AvgIpc) is 2.71. The zero-order valence-electron chi connectivity index (χ0n) is 8.22. The van der Waals surface area contributed by atoms with Crippen LogP contribution in [0.1, 0.15) is 30.4 Å². The Kier molecular flexibility index (Phi) is 2.65. The molecule has 1 heteroatoms. The normalized spacial score (nSPS) is 22.1. The Morgan fingerprint density at radius 3 is 2.62 bits per heavy atom. The molecular weight excluding hydrogens is 158 g/mol. The summed E-state index contributed by atoms with van der Waals surface area (Å²) in [6.07, 6.45) is 2.44. The topological polar surface area (TPSA) is 12.0 Å². The molecule has 1 aromatic rings. The number of hydrogen-bond acceptors (Lipinski definition) is 1. The van der Waals surface area contributed by atoms with Crippen molar-refractivity contribution in [3.63, 3.8) is 0 Å². The maximum Gasteiger partial charge on any atom is 0.00206 e. The summed E-state index contributed by atoms with van der Waals surface area (Å²) >= 11 is 0. The summed E-state index contributed by atoms with van der Waals surface area (Å²) in [5.41, 5.74) is 2.94. The molecule has 0 spiro atoms. The second-order valence-corrected chi connectivity index (χ2v) is 3.78. The van der Waals surface area contributed by atoms with E-state index in [-0.39, 0.29) is 0 Å². The average molecular weight is 175 g/mol. The van der Waals surface area contributed by atoms with E-state index >= 15 is 0 Å². The molecule has 1 heterocycles. The van der Waals surface area contributed by atoms with Gasteiger partial charge in [0.15, 0.2) is 0 Å². The van der Waals surface area contributed by atoms with Crippen LogP contribution < -0.4 is 5.32 Å². The van der Waals surface area contributed by atoms with Gasteiger partial charge in [0.2, 0.25) is 0 Å². The summed E-state index contributed by atoms with van der Waals surface area (Å²) in [4.78, 5) is 0. The zero-order valence-corrected chi connectivity index (χ0v) is 8.22. The minimum Gasteiger partial charge on any atom is -0.316 e. The molecule has 0 radical (unpaired) electrons. The lowest BCUT2D eigenvalue weighted by atomic mass is 9.97. The van der Waals surface area contributed by atoms with Gasteiger partial charge in [0.05, 0.1) is 0 Å². The molecule has 0 unspecified atom stereocenters. The molecule has 13 heavy (non-hydrogen) atoms. The summed E-state index contributed by atoms with van der Waals surface area (Å²) in [5.74, 6) is 0.755. The maximum absolute atomic E-state index is 3.40. The summed E-state index contributed by atoms with van der Waals surface area (Å²) in [6.45, 7) is 4.54. The molecule has 1 N–H and O–H groups in total. The molecule has 0 saturated carbocycles. The number of aryl methyl sites for hydroxylation is 1. The van der Waals surface area contributed by atoms with Gasteiger partial charge in [-0.1, -0.05) is 31.2 Å². The SMILES string of the molecule is CCc1ccc([C@H]2CCNC2)cc1. The van der Waals surface area contributed by atoms with Crippen molar-refractivity contribution >= 4 is 0 Å². The molecule has 0 bridgehead atoms. The van der Waals surface area contributed by atoms with Crippen LogP contribution in [0.3, 0.4) is 0 Å². The van der Waals surface area contributed by atoms with Crippen LogP contribution in [0.25, 0.3) is 0 Å². The Bertz CT molecular complexity index is 257. The van der Waals surface area contributed by atoms with Gasteiger partial charge in [0.1, 0.15) is 0 Å². The maximum atomic E-state index is 3.40. The van der Waals surface area contributed by atoms with Crippen LogP contribution in [0.5, 0.6) is 0 Å².